The van der Waals surface area contributed by atoms with Crippen LogP contribution in [0.1, 0.15) is 29.8 Å². The highest BCUT2D eigenvalue weighted by Gasteiger charge is 2.18. The van der Waals surface area contributed by atoms with Crippen LogP contribution in [0.25, 0.3) is 0 Å². The maximum absolute atomic E-state index is 12.0. The molecule has 0 bridgehead atoms. The standard InChI is InChI=1S/C11H13ClN2O/c12-9-4-5-13-10(8-9)11(15)14-6-2-1-3-7-14/h4-5,8H,1-3,6-7H2. The van der Waals surface area contributed by atoms with Gasteiger partial charge in [-0.1, -0.05) is 11.6 Å². The van der Waals surface area contributed by atoms with Crippen LogP contribution >= 0.6 is 11.6 Å². The van der Waals surface area contributed by atoms with E-state index in [1.807, 2.05) is 4.90 Å². The van der Waals surface area contributed by atoms with Crippen molar-refractivity contribution in [2.45, 2.75) is 19.3 Å². The van der Waals surface area contributed by atoms with Crippen molar-refractivity contribution in [3.63, 3.8) is 0 Å². The first-order valence-corrected chi connectivity index (χ1v) is 5.56. The Morgan fingerprint density at radius 3 is 2.73 bits per heavy atom. The molecule has 0 radical (unpaired) electrons. The van der Waals surface area contributed by atoms with Crippen molar-refractivity contribution in [3.05, 3.63) is 29.0 Å². The number of hydrogen-bond donors (Lipinski definition) is 0. The first kappa shape index (κ1) is 10.4. The Hall–Kier alpha value is -1.09. The highest BCUT2D eigenvalue weighted by Crippen LogP contribution is 2.14. The lowest BCUT2D eigenvalue weighted by molar-refractivity contribution is 0.0718. The van der Waals surface area contributed by atoms with Gasteiger partial charge in [0, 0.05) is 24.3 Å². The Morgan fingerprint density at radius 1 is 1.33 bits per heavy atom. The number of nitrogens with zero attached hydrogens (tertiary/aromatic N) is 2. The highest BCUT2D eigenvalue weighted by molar-refractivity contribution is 6.30. The average molecular weight is 225 g/mol. The molecular formula is C11H13ClN2O. The van der Waals surface area contributed by atoms with Crippen LogP contribution in [0.3, 0.4) is 0 Å². The molecule has 1 aliphatic rings. The second-order valence-corrected chi connectivity index (χ2v) is 4.15. The lowest BCUT2D eigenvalue weighted by atomic mass is 10.1. The van der Waals surface area contributed by atoms with Crippen LogP contribution in [0.15, 0.2) is 18.3 Å². The van der Waals surface area contributed by atoms with Gasteiger partial charge in [0.15, 0.2) is 0 Å². The normalized spacial score (nSPS) is 16.5. The number of halogens is 1. The molecule has 1 amide bonds. The van der Waals surface area contributed by atoms with E-state index in [-0.39, 0.29) is 5.91 Å². The van der Waals surface area contributed by atoms with E-state index in [0.717, 1.165) is 25.9 Å². The van der Waals surface area contributed by atoms with Crippen LogP contribution in [0.5, 0.6) is 0 Å². The Labute approximate surface area is 94.1 Å². The predicted molar refractivity (Wildman–Crippen MR) is 59.0 cm³/mol. The van der Waals surface area contributed by atoms with Crippen LogP contribution in [0.2, 0.25) is 5.02 Å². The molecule has 0 aliphatic carbocycles. The number of rotatable bonds is 1. The first-order valence-electron chi connectivity index (χ1n) is 5.18. The fraction of sp³-hybridized carbons (Fsp3) is 0.455. The lowest BCUT2D eigenvalue weighted by Gasteiger charge is -2.26. The molecular weight excluding hydrogens is 212 g/mol. The van der Waals surface area contributed by atoms with E-state index in [1.165, 1.54) is 6.42 Å². The van der Waals surface area contributed by atoms with Crippen molar-refractivity contribution >= 4 is 17.5 Å². The summed E-state index contributed by atoms with van der Waals surface area (Å²) in [6.45, 7) is 1.68. The van der Waals surface area contributed by atoms with Crippen LogP contribution in [-0.4, -0.2) is 28.9 Å². The molecule has 2 rings (SSSR count). The van der Waals surface area contributed by atoms with E-state index in [9.17, 15) is 4.79 Å². The molecule has 15 heavy (non-hydrogen) atoms. The molecule has 1 aromatic rings. The fourth-order valence-electron chi connectivity index (χ4n) is 1.78. The van der Waals surface area contributed by atoms with E-state index in [4.69, 9.17) is 11.6 Å². The van der Waals surface area contributed by atoms with E-state index in [2.05, 4.69) is 4.98 Å². The summed E-state index contributed by atoms with van der Waals surface area (Å²) >= 11 is 5.82. The minimum absolute atomic E-state index is 0.00259. The average Bonchev–Trinajstić information content (AvgIpc) is 2.29. The third-order valence-electron chi connectivity index (χ3n) is 2.58. The number of hydrogen-bond acceptors (Lipinski definition) is 2. The molecule has 1 fully saturated rings. The summed E-state index contributed by atoms with van der Waals surface area (Å²) in [5, 5.41) is 0.561. The molecule has 0 spiro atoms. The number of carbonyl (C=O) groups is 1. The molecule has 1 saturated heterocycles. The van der Waals surface area contributed by atoms with Gasteiger partial charge in [0.25, 0.3) is 5.91 Å². The maximum atomic E-state index is 12.0. The quantitative estimate of drug-likeness (QED) is 0.734. The van der Waals surface area contributed by atoms with Crippen molar-refractivity contribution in [1.82, 2.24) is 9.88 Å². The van der Waals surface area contributed by atoms with Gasteiger partial charge < -0.3 is 4.90 Å². The molecule has 0 unspecified atom stereocenters. The monoisotopic (exact) mass is 224 g/mol. The minimum Gasteiger partial charge on any atom is -0.337 e. The fourth-order valence-corrected chi connectivity index (χ4v) is 1.94. The zero-order valence-electron chi connectivity index (χ0n) is 8.45. The largest absolute Gasteiger partial charge is 0.337 e. The Morgan fingerprint density at radius 2 is 2.07 bits per heavy atom. The van der Waals surface area contributed by atoms with Gasteiger partial charge in [0.1, 0.15) is 5.69 Å². The van der Waals surface area contributed by atoms with Crippen molar-refractivity contribution in [2.75, 3.05) is 13.1 Å². The molecule has 3 nitrogen and oxygen atoms in total. The van der Waals surface area contributed by atoms with Gasteiger partial charge in [-0.25, -0.2) is 0 Å². The highest BCUT2D eigenvalue weighted by atomic mass is 35.5. The summed E-state index contributed by atoms with van der Waals surface area (Å²) in [7, 11) is 0. The second kappa shape index (κ2) is 4.62. The zero-order chi connectivity index (χ0) is 10.7. The molecule has 4 heteroatoms. The van der Waals surface area contributed by atoms with Crippen molar-refractivity contribution in [1.29, 1.82) is 0 Å². The number of aromatic nitrogens is 1. The van der Waals surface area contributed by atoms with Crippen LogP contribution in [-0.2, 0) is 0 Å². The first-order chi connectivity index (χ1) is 7.27. The molecule has 2 heterocycles. The second-order valence-electron chi connectivity index (χ2n) is 3.71. The number of likely N-dealkylation sites (tertiary alicyclic amines) is 1. The topological polar surface area (TPSA) is 33.2 Å². The van der Waals surface area contributed by atoms with Gasteiger partial charge in [-0.05, 0) is 31.4 Å². The summed E-state index contributed by atoms with van der Waals surface area (Å²) in [5.41, 5.74) is 0.449. The van der Waals surface area contributed by atoms with E-state index in [1.54, 1.807) is 18.3 Å². The molecule has 1 aromatic heterocycles. The van der Waals surface area contributed by atoms with Crippen molar-refractivity contribution in [3.8, 4) is 0 Å². The third-order valence-corrected chi connectivity index (χ3v) is 2.82. The summed E-state index contributed by atoms with van der Waals surface area (Å²) in [5.74, 6) is -0.00259. The zero-order valence-corrected chi connectivity index (χ0v) is 9.20. The Balaban J connectivity index is 2.12. The van der Waals surface area contributed by atoms with Gasteiger partial charge in [-0.3, -0.25) is 9.78 Å². The van der Waals surface area contributed by atoms with Gasteiger partial charge in [-0.2, -0.15) is 0 Å². The van der Waals surface area contributed by atoms with Crippen molar-refractivity contribution in [2.24, 2.45) is 0 Å². The Kier molecular flexibility index (Phi) is 3.21. The minimum atomic E-state index is -0.00259. The molecule has 1 aliphatic heterocycles. The number of amides is 1. The smallest absolute Gasteiger partial charge is 0.272 e. The number of pyridine rings is 1. The van der Waals surface area contributed by atoms with Crippen molar-refractivity contribution < 1.29 is 4.79 Å². The molecule has 0 aromatic carbocycles. The predicted octanol–water partition coefficient (Wildman–Crippen LogP) is 2.36. The maximum Gasteiger partial charge on any atom is 0.272 e. The van der Waals surface area contributed by atoms with E-state index < -0.39 is 0 Å². The van der Waals surface area contributed by atoms with Crippen LogP contribution in [0, 0.1) is 0 Å². The number of carbonyl (C=O) groups excluding carboxylic acids is 1. The summed E-state index contributed by atoms with van der Waals surface area (Å²) < 4.78 is 0. The van der Waals surface area contributed by atoms with Gasteiger partial charge in [0.05, 0.1) is 0 Å². The molecule has 0 N–H and O–H groups in total. The lowest BCUT2D eigenvalue weighted by Crippen LogP contribution is -2.36. The van der Waals surface area contributed by atoms with Crippen LogP contribution < -0.4 is 0 Å². The third kappa shape index (κ3) is 2.48. The molecule has 80 valence electrons. The molecule has 0 atom stereocenters. The van der Waals surface area contributed by atoms with Gasteiger partial charge in [0.2, 0.25) is 0 Å². The van der Waals surface area contributed by atoms with E-state index in [0.29, 0.717) is 10.7 Å². The molecule has 0 saturated carbocycles. The van der Waals surface area contributed by atoms with Gasteiger partial charge in [-0.15, -0.1) is 0 Å². The number of piperidine rings is 1. The SMILES string of the molecule is O=C(c1cc(Cl)ccn1)N1CCCCC1. The summed E-state index contributed by atoms with van der Waals surface area (Å²) in [6.07, 6.45) is 4.96. The summed E-state index contributed by atoms with van der Waals surface area (Å²) in [4.78, 5) is 17.8. The van der Waals surface area contributed by atoms with Crippen LogP contribution in [0.4, 0.5) is 0 Å². The van der Waals surface area contributed by atoms with Gasteiger partial charge >= 0.3 is 0 Å². The Bertz CT molecular complexity index is 361. The van der Waals surface area contributed by atoms with E-state index >= 15 is 0 Å². The summed E-state index contributed by atoms with van der Waals surface area (Å²) in [6, 6.07) is 3.30.